The molecule has 0 saturated carbocycles. The molecule has 86 valence electrons. The first-order valence-corrected chi connectivity index (χ1v) is 5.53. The van der Waals surface area contributed by atoms with Gasteiger partial charge in [-0.1, -0.05) is 41.5 Å². The van der Waals surface area contributed by atoms with Crippen molar-refractivity contribution in [2.75, 3.05) is 0 Å². The van der Waals surface area contributed by atoms with E-state index in [9.17, 15) is 4.39 Å². The van der Waals surface area contributed by atoms with Crippen molar-refractivity contribution >= 4 is 0 Å². The van der Waals surface area contributed by atoms with Gasteiger partial charge < -0.3 is 0 Å². The molecule has 0 radical (unpaired) electrons. The molecule has 0 fully saturated rings. The van der Waals surface area contributed by atoms with Gasteiger partial charge in [0.15, 0.2) is 0 Å². The summed E-state index contributed by atoms with van der Waals surface area (Å²) in [7, 11) is 0. The second-order valence-corrected chi connectivity index (χ2v) is 7.21. The Kier molecular flexibility index (Phi) is 3.81. The molecule has 0 unspecified atom stereocenters. The van der Waals surface area contributed by atoms with E-state index in [0.717, 1.165) is 0 Å². The lowest BCUT2D eigenvalue weighted by molar-refractivity contribution is 0.0368. The smallest absolute Gasteiger partial charge is 0.105 e. The maximum atomic E-state index is 13.7. The van der Waals surface area contributed by atoms with Crippen LogP contribution in [0.15, 0.2) is 0 Å². The van der Waals surface area contributed by atoms with Gasteiger partial charge >= 0.3 is 0 Å². The molecule has 0 saturated heterocycles. The van der Waals surface area contributed by atoms with Gasteiger partial charge in [0.05, 0.1) is 0 Å². The highest BCUT2D eigenvalue weighted by atomic mass is 19.1. The number of halogens is 1. The summed E-state index contributed by atoms with van der Waals surface area (Å²) in [5, 5.41) is 0. The van der Waals surface area contributed by atoms with Gasteiger partial charge in [-0.25, -0.2) is 4.39 Å². The second-order valence-electron chi connectivity index (χ2n) is 7.21. The molecule has 0 aliphatic heterocycles. The van der Waals surface area contributed by atoms with E-state index in [2.05, 4.69) is 41.5 Å². The first-order chi connectivity index (χ1) is 5.84. The molecule has 0 bridgehead atoms. The molecule has 0 amide bonds. The summed E-state index contributed by atoms with van der Waals surface area (Å²) in [6.07, 6.45) is 0.639. The van der Waals surface area contributed by atoms with Crippen LogP contribution < -0.4 is 0 Å². The first-order valence-electron chi connectivity index (χ1n) is 5.53. The molecule has 0 heterocycles. The molecule has 0 atom stereocenters. The molecular weight excluding hydrogens is 175 g/mol. The minimum absolute atomic E-state index is 0.168. The summed E-state index contributed by atoms with van der Waals surface area (Å²) < 4.78 is 13.7. The molecule has 0 nitrogen and oxygen atoms in total. The standard InChI is InChI=1S/C13H27F/c1-11(2,3)10(12(4,5)6)9-13(7,8)14/h10H,9H2,1-8H3. The lowest BCUT2D eigenvalue weighted by Gasteiger charge is -2.43. The summed E-state index contributed by atoms with van der Waals surface area (Å²) in [5.41, 5.74) is -0.728. The van der Waals surface area contributed by atoms with E-state index in [4.69, 9.17) is 0 Å². The Hall–Kier alpha value is -0.0700. The van der Waals surface area contributed by atoms with Gasteiger partial charge in [0, 0.05) is 0 Å². The SMILES string of the molecule is CC(C)(F)CC(C(C)(C)C)C(C)(C)C. The molecule has 0 aromatic carbocycles. The lowest BCUT2D eigenvalue weighted by Crippen LogP contribution is -2.37. The van der Waals surface area contributed by atoms with E-state index in [1.165, 1.54) is 0 Å². The average molecular weight is 202 g/mol. The largest absolute Gasteiger partial charge is 0.244 e. The van der Waals surface area contributed by atoms with Crippen molar-refractivity contribution in [2.45, 2.75) is 67.5 Å². The Morgan fingerprint density at radius 2 is 1.07 bits per heavy atom. The van der Waals surface area contributed by atoms with Crippen LogP contribution >= 0.6 is 0 Å². The molecule has 0 aromatic rings. The summed E-state index contributed by atoms with van der Waals surface area (Å²) in [5.74, 6) is 0.398. The van der Waals surface area contributed by atoms with Crippen molar-refractivity contribution in [1.82, 2.24) is 0 Å². The van der Waals surface area contributed by atoms with Gasteiger partial charge in [-0.15, -0.1) is 0 Å². The Morgan fingerprint density at radius 1 is 0.786 bits per heavy atom. The molecule has 0 aliphatic rings. The maximum Gasteiger partial charge on any atom is 0.105 e. The van der Waals surface area contributed by atoms with Crippen LogP contribution in [0.3, 0.4) is 0 Å². The number of hydrogen-bond acceptors (Lipinski definition) is 0. The predicted octanol–water partition coefficient (Wildman–Crippen LogP) is 4.83. The van der Waals surface area contributed by atoms with Crippen molar-refractivity contribution in [3.63, 3.8) is 0 Å². The fraction of sp³-hybridized carbons (Fsp3) is 1.00. The first kappa shape index (κ1) is 13.9. The second kappa shape index (κ2) is 3.83. The zero-order valence-corrected chi connectivity index (χ0v) is 11.2. The summed E-state index contributed by atoms with van der Waals surface area (Å²) in [6, 6.07) is 0. The Labute approximate surface area is 89.3 Å². The number of rotatable bonds is 2. The third-order valence-corrected chi connectivity index (χ3v) is 2.78. The Morgan fingerprint density at radius 3 is 1.14 bits per heavy atom. The summed E-state index contributed by atoms with van der Waals surface area (Å²) >= 11 is 0. The van der Waals surface area contributed by atoms with Crippen LogP contribution in [-0.4, -0.2) is 5.67 Å². The van der Waals surface area contributed by atoms with Crippen LogP contribution in [0, 0.1) is 16.7 Å². The number of alkyl halides is 1. The lowest BCUT2D eigenvalue weighted by atomic mass is 9.63. The van der Waals surface area contributed by atoms with Gasteiger partial charge in [-0.05, 0) is 37.0 Å². The van der Waals surface area contributed by atoms with E-state index in [1.54, 1.807) is 13.8 Å². The van der Waals surface area contributed by atoms with Crippen LogP contribution in [-0.2, 0) is 0 Å². The van der Waals surface area contributed by atoms with E-state index in [1.807, 2.05) is 0 Å². The van der Waals surface area contributed by atoms with E-state index in [-0.39, 0.29) is 10.8 Å². The van der Waals surface area contributed by atoms with Crippen molar-refractivity contribution in [2.24, 2.45) is 16.7 Å². The molecule has 0 aromatic heterocycles. The Balaban J connectivity index is 4.78. The van der Waals surface area contributed by atoms with Gasteiger partial charge in [-0.2, -0.15) is 0 Å². The van der Waals surface area contributed by atoms with Crippen molar-refractivity contribution < 1.29 is 4.39 Å². The van der Waals surface area contributed by atoms with E-state index >= 15 is 0 Å². The summed E-state index contributed by atoms with van der Waals surface area (Å²) in [4.78, 5) is 0. The van der Waals surface area contributed by atoms with Crippen LogP contribution in [0.2, 0.25) is 0 Å². The molecule has 0 rings (SSSR count). The van der Waals surface area contributed by atoms with E-state index in [0.29, 0.717) is 12.3 Å². The normalized spacial score (nSPS) is 15.0. The fourth-order valence-electron chi connectivity index (χ4n) is 2.40. The quantitative estimate of drug-likeness (QED) is 0.601. The Bertz CT molecular complexity index is 159. The topological polar surface area (TPSA) is 0 Å². The van der Waals surface area contributed by atoms with Gasteiger partial charge in [0.1, 0.15) is 5.67 Å². The highest BCUT2D eigenvalue weighted by Gasteiger charge is 2.38. The van der Waals surface area contributed by atoms with Crippen LogP contribution in [0.5, 0.6) is 0 Å². The maximum absolute atomic E-state index is 13.7. The predicted molar refractivity (Wildman–Crippen MR) is 62.2 cm³/mol. The fourth-order valence-corrected chi connectivity index (χ4v) is 2.40. The molecule has 0 aliphatic carbocycles. The van der Waals surface area contributed by atoms with Gasteiger partial charge in [0.25, 0.3) is 0 Å². The zero-order valence-electron chi connectivity index (χ0n) is 11.2. The highest BCUT2D eigenvalue weighted by molar-refractivity contribution is 4.88. The van der Waals surface area contributed by atoms with Crippen LogP contribution in [0.4, 0.5) is 4.39 Å². The molecule has 1 heteroatoms. The van der Waals surface area contributed by atoms with Gasteiger partial charge in [0.2, 0.25) is 0 Å². The third kappa shape index (κ3) is 4.97. The minimum Gasteiger partial charge on any atom is -0.244 e. The average Bonchev–Trinajstić information content (AvgIpc) is 1.75. The minimum atomic E-state index is -1.06. The van der Waals surface area contributed by atoms with Crippen LogP contribution in [0.1, 0.15) is 61.8 Å². The third-order valence-electron chi connectivity index (χ3n) is 2.78. The van der Waals surface area contributed by atoms with E-state index < -0.39 is 5.67 Å². The van der Waals surface area contributed by atoms with Crippen molar-refractivity contribution in [1.29, 1.82) is 0 Å². The zero-order chi connectivity index (χ0) is 11.8. The monoisotopic (exact) mass is 202 g/mol. The molecule has 14 heavy (non-hydrogen) atoms. The van der Waals surface area contributed by atoms with Crippen molar-refractivity contribution in [3.8, 4) is 0 Å². The molecule has 0 N–H and O–H groups in total. The highest BCUT2D eigenvalue weighted by Crippen LogP contribution is 2.44. The van der Waals surface area contributed by atoms with Crippen LogP contribution in [0.25, 0.3) is 0 Å². The van der Waals surface area contributed by atoms with Crippen molar-refractivity contribution in [3.05, 3.63) is 0 Å². The number of hydrogen-bond donors (Lipinski definition) is 0. The summed E-state index contributed by atoms with van der Waals surface area (Å²) in [6.45, 7) is 16.6. The molecule has 0 spiro atoms. The van der Waals surface area contributed by atoms with Gasteiger partial charge in [-0.3, -0.25) is 0 Å². The molecular formula is C13H27F.